The molecule has 0 rings (SSSR count). The maximum absolute atomic E-state index is 10.5. The number of unbranched alkanes of at least 4 members (excludes halogenated alkanes) is 2. The molecule has 0 saturated heterocycles. The molecule has 0 aliphatic carbocycles. The van der Waals surface area contributed by atoms with Gasteiger partial charge in [-0.2, -0.15) is 0 Å². The van der Waals surface area contributed by atoms with Gasteiger partial charge in [-0.15, -0.1) is 0 Å². The van der Waals surface area contributed by atoms with Gasteiger partial charge in [-0.25, -0.2) is 0 Å². The lowest BCUT2D eigenvalue weighted by atomic mass is 9.84. The molecule has 3 N–H and O–H groups in total. The summed E-state index contributed by atoms with van der Waals surface area (Å²) >= 11 is 0. The van der Waals surface area contributed by atoms with E-state index in [1.165, 1.54) is 19.3 Å². The van der Waals surface area contributed by atoms with Crippen molar-refractivity contribution in [2.75, 3.05) is 0 Å². The molecular weight excluding hydrogens is 190 g/mol. The van der Waals surface area contributed by atoms with E-state index in [0.717, 1.165) is 6.42 Å². The predicted molar refractivity (Wildman–Crippen MR) is 62.7 cm³/mol. The van der Waals surface area contributed by atoms with Crippen molar-refractivity contribution in [3.63, 3.8) is 0 Å². The number of hydrogen-bond donors (Lipinski definition) is 2. The van der Waals surface area contributed by atoms with Crippen LogP contribution in [-0.2, 0) is 4.79 Å². The number of rotatable bonds is 8. The molecule has 3 heteroatoms. The van der Waals surface area contributed by atoms with Crippen molar-refractivity contribution in [1.29, 1.82) is 0 Å². The molecule has 90 valence electrons. The second kappa shape index (κ2) is 7.69. The number of nitrogens with two attached hydrogens (primary N) is 1. The van der Waals surface area contributed by atoms with Crippen LogP contribution in [0.4, 0.5) is 0 Å². The number of aliphatic carboxylic acids is 1. The first-order chi connectivity index (χ1) is 6.99. The van der Waals surface area contributed by atoms with E-state index in [1.807, 2.05) is 0 Å². The van der Waals surface area contributed by atoms with Crippen molar-refractivity contribution in [2.45, 2.75) is 58.9 Å². The Morgan fingerprint density at radius 2 is 1.93 bits per heavy atom. The van der Waals surface area contributed by atoms with Gasteiger partial charge in [0.1, 0.15) is 0 Å². The minimum Gasteiger partial charge on any atom is -0.481 e. The smallest absolute Gasteiger partial charge is 0.304 e. The van der Waals surface area contributed by atoms with Crippen LogP contribution in [0.5, 0.6) is 0 Å². The fourth-order valence-corrected chi connectivity index (χ4v) is 1.79. The summed E-state index contributed by atoms with van der Waals surface area (Å²) in [6, 6.07) is -0.209. The van der Waals surface area contributed by atoms with Gasteiger partial charge in [-0.3, -0.25) is 4.79 Å². The van der Waals surface area contributed by atoms with Crippen molar-refractivity contribution in [2.24, 2.45) is 17.6 Å². The second-order valence-corrected chi connectivity index (χ2v) is 4.59. The molecule has 15 heavy (non-hydrogen) atoms. The van der Waals surface area contributed by atoms with Crippen molar-refractivity contribution in [3.8, 4) is 0 Å². The Balaban J connectivity index is 3.84. The van der Waals surface area contributed by atoms with Crippen molar-refractivity contribution < 1.29 is 9.90 Å². The van der Waals surface area contributed by atoms with E-state index in [0.29, 0.717) is 5.92 Å². The fraction of sp³-hybridized carbons (Fsp3) is 0.917. The maximum Gasteiger partial charge on any atom is 0.304 e. The molecular formula is C12H25NO2. The molecule has 0 spiro atoms. The first kappa shape index (κ1) is 14.4. The van der Waals surface area contributed by atoms with Gasteiger partial charge in [0.2, 0.25) is 0 Å². The number of carboxylic acid groups (broad SMARTS) is 1. The molecule has 0 fully saturated rings. The van der Waals surface area contributed by atoms with Crippen LogP contribution in [0.15, 0.2) is 0 Å². The Morgan fingerprint density at radius 1 is 1.33 bits per heavy atom. The zero-order valence-electron chi connectivity index (χ0n) is 10.2. The third kappa shape index (κ3) is 6.50. The molecule has 0 aromatic carbocycles. The highest BCUT2D eigenvalue weighted by Gasteiger charge is 2.21. The lowest BCUT2D eigenvalue weighted by Crippen LogP contribution is -2.34. The zero-order valence-corrected chi connectivity index (χ0v) is 10.2. The van der Waals surface area contributed by atoms with Crippen LogP contribution in [0, 0.1) is 11.8 Å². The minimum absolute atomic E-state index is 0.0826. The number of hydrogen-bond acceptors (Lipinski definition) is 2. The van der Waals surface area contributed by atoms with Gasteiger partial charge in [-0.05, 0) is 11.8 Å². The highest BCUT2D eigenvalue weighted by Crippen LogP contribution is 2.21. The normalized spacial score (nSPS) is 17.1. The Bertz CT molecular complexity index is 182. The van der Waals surface area contributed by atoms with Gasteiger partial charge in [-0.1, -0.05) is 46.5 Å². The highest BCUT2D eigenvalue weighted by atomic mass is 16.4. The number of carbonyl (C=O) groups is 1. The summed E-state index contributed by atoms with van der Waals surface area (Å²) in [7, 11) is 0. The van der Waals surface area contributed by atoms with E-state index in [-0.39, 0.29) is 18.4 Å². The minimum atomic E-state index is -0.796. The summed E-state index contributed by atoms with van der Waals surface area (Å²) in [6.07, 6.45) is 4.94. The first-order valence-electron chi connectivity index (χ1n) is 5.96. The summed E-state index contributed by atoms with van der Waals surface area (Å²) < 4.78 is 0. The third-order valence-electron chi connectivity index (χ3n) is 3.25. The quantitative estimate of drug-likeness (QED) is 0.612. The molecule has 0 bridgehead atoms. The standard InChI is InChI=1S/C12H25NO2/c1-4-5-6-7-9(2)10(3)11(13)8-12(14)15/h9-11H,4-8,13H2,1-3H3,(H,14,15)/t9-,10+,11-/m1/s1. The van der Waals surface area contributed by atoms with Gasteiger partial charge in [0.25, 0.3) is 0 Å². The molecule has 0 aromatic rings. The van der Waals surface area contributed by atoms with Crippen LogP contribution in [0.1, 0.15) is 52.9 Å². The van der Waals surface area contributed by atoms with Gasteiger partial charge in [0.05, 0.1) is 6.42 Å². The molecule has 0 saturated carbocycles. The maximum atomic E-state index is 10.5. The highest BCUT2D eigenvalue weighted by molar-refractivity contribution is 5.67. The molecule has 0 radical (unpaired) electrons. The topological polar surface area (TPSA) is 63.3 Å². The van der Waals surface area contributed by atoms with Gasteiger partial charge in [0, 0.05) is 6.04 Å². The lowest BCUT2D eigenvalue weighted by molar-refractivity contribution is -0.137. The van der Waals surface area contributed by atoms with Gasteiger partial charge >= 0.3 is 5.97 Å². The Morgan fingerprint density at radius 3 is 2.40 bits per heavy atom. The fourth-order valence-electron chi connectivity index (χ4n) is 1.79. The summed E-state index contributed by atoms with van der Waals surface area (Å²) in [5.74, 6) is 0.0129. The van der Waals surface area contributed by atoms with E-state index in [1.54, 1.807) is 0 Å². The average Bonchev–Trinajstić information content (AvgIpc) is 2.15. The molecule has 3 atom stereocenters. The van der Waals surface area contributed by atoms with Crippen LogP contribution in [0.2, 0.25) is 0 Å². The first-order valence-corrected chi connectivity index (χ1v) is 5.96. The van der Waals surface area contributed by atoms with E-state index in [2.05, 4.69) is 20.8 Å². The van der Waals surface area contributed by atoms with Crippen LogP contribution in [-0.4, -0.2) is 17.1 Å². The van der Waals surface area contributed by atoms with Crippen LogP contribution in [0.25, 0.3) is 0 Å². The summed E-state index contributed by atoms with van der Waals surface area (Å²) in [4.78, 5) is 10.5. The molecule has 3 nitrogen and oxygen atoms in total. The van der Waals surface area contributed by atoms with E-state index >= 15 is 0 Å². The molecule has 0 aliphatic heterocycles. The molecule has 0 aromatic heterocycles. The predicted octanol–water partition coefficient (Wildman–Crippen LogP) is 2.64. The molecule has 0 unspecified atom stereocenters. The van der Waals surface area contributed by atoms with Gasteiger partial charge in [0.15, 0.2) is 0 Å². The second-order valence-electron chi connectivity index (χ2n) is 4.59. The molecule has 0 heterocycles. The van der Waals surface area contributed by atoms with E-state index < -0.39 is 5.97 Å². The third-order valence-corrected chi connectivity index (χ3v) is 3.25. The van der Waals surface area contributed by atoms with E-state index in [9.17, 15) is 4.79 Å². The Labute approximate surface area is 93.0 Å². The van der Waals surface area contributed by atoms with Crippen LogP contribution >= 0.6 is 0 Å². The van der Waals surface area contributed by atoms with Gasteiger partial charge < -0.3 is 10.8 Å². The summed E-state index contributed by atoms with van der Waals surface area (Å²) in [6.45, 7) is 6.41. The lowest BCUT2D eigenvalue weighted by Gasteiger charge is -2.24. The summed E-state index contributed by atoms with van der Waals surface area (Å²) in [5, 5.41) is 8.65. The zero-order chi connectivity index (χ0) is 11.8. The SMILES string of the molecule is CCCCC[C@@H](C)[C@H](C)[C@H](N)CC(=O)O. The monoisotopic (exact) mass is 215 g/mol. The Kier molecular flexibility index (Phi) is 7.39. The van der Waals surface area contributed by atoms with Crippen molar-refractivity contribution in [3.05, 3.63) is 0 Å². The number of carboxylic acids is 1. The summed E-state index contributed by atoms with van der Waals surface area (Å²) in [5.41, 5.74) is 5.84. The van der Waals surface area contributed by atoms with Crippen molar-refractivity contribution in [1.82, 2.24) is 0 Å². The Hall–Kier alpha value is -0.570. The van der Waals surface area contributed by atoms with E-state index in [4.69, 9.17) is 10.8 Å². The average molecular weight is 215 g/mol. The molecule has 0 amide bonds. The molecule has 0 aliphatic rings. The van der Waals surface area contributed by atoms with Crippen LogP contribution in [0.3, 0.4) is 0 Å². The van der Waals surface area contributed by atoms with Crippen LogP contribution < -0.4 is 5.73 Å². The largest absolute Gasteiger partial charge is 0.481 e. The van der Waals surface area contributed by atoms with Crippen molar-refractivity contribution >= 4 is 5.97 Å².